The quantitative estimate of drug-likeness (QED) is 0.698. The average Bonchev–Trinajstić information content (AvgIpc) is 2.25. The molecule has 0 fully saturated rings. The van der Waals surface area contributed by atoms with Crippen molar-refractivity contribution in [3.05, 3.63) is 21.1 Å². The lowest BCUT2D eigenvalue weighted by molar-refractivity contribution is -0.0618. The molecule has 0 amide bonds. The Morgan fingerprint density at radius 2 is 1.71 bits per heavy atom. The molecule has 1 aromatic rings. The van der Waals surface area contributed by atoms with Gasteiger partial charge in [0.1, 0.15) is 11.5 Å². The highest BCUT2D eigenvalue weighted by Gasteiger charge is 2.11. The number of benzene rings is 1. The number of hydrogen-bond donors (Lipinski definition) is 0. The van der Waals surface area contributed by atoms with E-state index in [1.165, 1.54) is 0 Å². The summed E-state index contributed by atoms with van der Waals surface area (Å²) < 4.78 is 18.2. The van der Waals surface area contributed by atoms with E-state index in [4.69, 9.17) is 14.2 Å². The Labute approximate surface area is 119 Å². The molecule has 0 spiro atoms. The van der Waals surface area contributed by atoms with Gasteiger partial charge in [-0.3, -0.25) is 0 Å². The third kappa shape index (κ3) is 4.48. The number of halogens is 2. The first-order valence-electron chi connectivity index (χ1n) is 5.48. The second kappa shape index (κ2) is 7.24. The summed E-state index contributed by atoms with van der Waals surface area (Å²) in [5.74, 6) is 1.46. The minimum Gasteiger partial charge on any atom is -0.493 e. The van der Waals surface area contributed by atoms with E-state index >= 15 is 0 Å². The van der Waals surface area contributed by atoms with Crippen molar-refractivity contribution >= 4 is 31.9 Å². The minimum atomic E-state index is -0.285. The molecular formula is C12H16Br2O3. The van der Waals surface area contributed by atoms with Crippen molar-refractivity contribution in [2.45, 2.75) is 27.1 Å². The summed E-state index contributed by atoms with van der Waals surface area (Å²) in [6.45, 7) is 6.96. The van der Waals surface area contributed by atoms with Crippen LogP contribution in [0.2, 0.25) is 0 Å². The maximum Gasteiger partial charge on any atom is 0.197 e. The first-order chi connectivity index (χ1) is 8.08. The molecule has 1 aromatic carbocycles. The van der Waals surface area contributed by atoms with E-state index < -0.39 is 0 Å². The Balaban J connectivity index is 2.87. The van der Waals surface area contributed by atoms with Gasteiger partial charge < -0.3 is 14.2 Å². The van der Waals surface area contributed by atoms with Gasteiger partial charge in [-0.25, -0.2) is 0 Å². The van der Waals surface area contributed by atoms with Gasteiger partial charge in [0.2, 0.25) is 0 Å². The monoisotopic (exact) mass is 366 g/mol. The van der Waals surface area contributed by atoms with Crippen molar-refractivity contribution in [1.82, 2.24) is 0 Å². The summed E-state index contributed by atoms with van der Waals surface area (Å²) in [6.07, 6.45) is -0.285. The van der Waals surface area contributed by atoms with E-state index in [0.717, 1.165) is 14.7 Å². The first kappa shape index (κ1) is 14.8. The maximum atomic E-state index is 5.66. The van der Waals surface area contributed by atoms with Crippen LogP contribution in [0.15, 0.2) is 21.1 Å². The van der Waals surface area contributed by atoms with E-state index in [2.05, 4.69) is 31.9 Å². The predicted octanol–water partition coefficient (Wildman–Crippen LogP) is 4.37. The lowest BCUT2D eigenvalue weighted by Gasteiger charge is -2.17. The molecule has 1 atom stereocenters. The molecule has 0 N–H and O–H groups in total. The molecule has 96 valence electrons. The van der Waals surface area contributed by atoms with Crippen molar-refractivity contribution in [1.29, 1.82) is 0 Å². The molecule has 17 heavy (non-hydrogen) atoms. The number of rotatable bonds is 6. The fourth-order valence-corrected chi connectivity index (χ4v) is 2.52. The van der Waals surface area contributed by atoms with Gasteiger partial charge >= 0.3 is 0 Å². The Morgan fingerprint density at radius 3 is 2.29 bits per heavy atom. The highest BCUT2D eigenvalue weighted by Crippen LogP contribution is 2.36. The number of ether oxygens (including phenoxy) is 3. The fourth-order valence-electron chi connectivity index (χ4n) is 1.31. The van der Waals surface area contributed by atoms with Gasteiger partial charge in [0.25, 0.3) is 0 Å². The van der Waals surface area contributed by atoms with Crippen LogP contribution in [-0.2, 0) is 4.74 Å². The first-order valence-corrected chi connectivity index (χ1v) is 7.07. The molecular weight excluding hydrogens is 352 g/mol. The Hall–Kier alpha value is -0.260. The van der Waals surface area contributed by atoms with Crippen molar-refractivity contribution in [2.75, 3.05) is 13.2 Å². The normalized spacial score (nSPS) is 12.3. The van der Waals surface area contributed by atoms with Crippen molar-refractivity contribution < 1.29 is 14.2 Å². The third-order valence-corrected chi connectivity index (χ3v) is 3.22. The Morgan fingerprint density at radius 1 is 1.06 bits per heavy atom. The van der Waals surface area contributed by atoms with Crippen LogP contribution in [0.5, 0.6) is 11.5 Å². The van der Waals surface area contributed by atoms with Crippen LogP contribution in [0.1, 0.15) is 20.8 Å². The van der Waals surface area contributed by atoms with Crippen molar-refractivity contribution in [3.63, 3.8) is 0 Å². The summed E-state index contributed by atoms with van der Waals surface area (Å²) in [5.41, 5.74) is 0. The smallest absolute Gasteiger partial charge is 0.197 e. The van der Waals surface area contributed by atoms with Gasteiger partial charge in [-0.15, -0.1) is 0 Å². The summed E-state index contributed by atoms with van der Waals surface area (Å²) in [7, 11) is 0. The second-order valence-corrected chi connectivity index (χ2v) is 5.00. The Kier molecular flexibility index (Phi) is 6.30. The van der Waals surface area contributed by atoms with E-state index in [1.54, 1.807) is 0 Å². The van der Waals surface area contributed by atoms with Gasteiger partial charge in [0.15, 0.2) is 6.29 Å². The van der Waals surface area contributed by atoms with Crippen LogP contribution < -0.4 is 9.47 Å². The van der Waals surface area contributed by atoms with Crippen molar-refractivity contribution in [3.8, 4) is 11.5 Å². The van der Waals surface area contributed by atoms with Crippen LogP contribution >= 0.6 is 31.9 Å². The summed E-state index contributed by atoms with van der Waals surface area (Å²) in [5, 5.41) is 0. The average molecular weight is 368 g/mol. The topological polar surface area (TPSA) is 27.7 Å². The zero-order chi connectivity index (χ0) is 12.8. The Bertz CT molecular complexity index is 369. The molecule has 0 aliphatic rings. The molecule has 0 heterocycles. The number of hydrogen-bond acceptors (Lipinski definition) is 3. The van der Waals surface area contributed by atoms with E-state index in [1.807, 2.05) is 32.9 Å². The molecule has 0 aliphatic carbocycles. The van der Waals surface area contributed by atoms with E-state index in [-0.39, 0.29) is 6.29 Å². The van der Waals surface area contributed by atoms with E-state index in [9.17, 15) is 0 Å². The third-order valence-electron chi connectivity index (χ3n) is 1.98. The van der Waals surface area contributed by atoms with Gasteiger partial charge in [0.05, 0.1) is 15.6 Å². The zero-order valence-electron chi connectivity index (χ0n) is 10.1. The summed E-state index contributed by atoms with van der Waals surface area (Å²) in [4.78, 5) is 0. The van der Waals surface area contributed by atoms with Crippen LogP contribution in [0, 0.1) is 0 Å². The zero-order valence-corrected chi connectivity index (χ0v) is 13.3. The molecule has 0 saturated heterocycles. The fraction of sp³-hybridized carbons (Fsp3) is 0.500. The summed E-state index contributed by atoms with van der Waals surface area (Å²) in [6, 6.07) is 3.74. The van der Waals surface area contributed by atoms with E-state index in [0.29, 0.717) is 19.0 Å². The molecule has 0 bridgehead atoms. The van der Waals surface area contributed by atoms with Crippen molar-refractivity contribution in [2.24, 2.45) is 0 Å². The molecule has 1 rings (SSSR count). The lowest BCUT2D eigenvalue weighted by Crippen LogP contribution is -2.16. The van der Waals surface area contributed by atoms with Crippen LogP contribution in [0.3, 0.4) is 0 Å². The highest BCUT2D eigenvalue weighted by molar-refractivity contribution is 9.11. The molecule has 0 aromatic heterocycles. The molecule has 3 nitrogen and oxygen atoms in total. The molecule has 0 radical (unpaired) electrons. The largest absolute Gasteiger partial charge is 0.493 e. The second-order valence-electron chi connectivity index (χ2n) is 3.29. The maximum absolute atomic E-state index is 5.66. The molecule has 0 saturated carbocycles. The molecule has 5 heteroatoms. The predicted molar refractivity (Wildman–Crippen MR) is 74.7 cm³/mol. The van der Waals surface area contributed by atoms with Gasteiger partial charge in [-0.1, -0.05) is 0 Å². The molecule has 1 unspecified atom stereocenters. The van der Waals surface area contributed by atoms with Crippen LogP contribution in [0.4, 0.5) is 0 Å². The van der Waals surface area contributed by atoms with Gasteiger partial charge in [-0.05, 0) is 58.7 Å². The van der Waals surface area contributed by atoms with Crippen LogP contribution in [-0.4, -0.2) is 19.5 Å². The highest BCUT2D eigenvalue weighted by atomic mass is 79.9. The molecule has 0 aliphatic heterocycles. The van der Waals surface area contributed by atoms with Gasteiger partial charge in [0, 0.05) is 12.7 Å². The summed E-state index contributed by atoms with van der Waals surface area (Å²) >= 11 is 6.88. The lowest BCUT2D eigenvalue weighted by atomic mass is 10.3. The van der Waals surface area contributed by atoms with Gasteiger partial charge in [-0.2, -0.15) is 0 Å². The SMILES string of the molecule is CCOc1cc(OC(C)OCC)c(Br)cc1Br. The minimum absolute atomic E-state index is 0.285. The standard InChI is InChI=1S/C12H16Br2O3/c1-4-15-8(3)17-12-7-11(16-5-2)9(13)6-10(12)14/h6-8H,4-5H2,1-3H3. The van der Waals surface area contributed by atoms with Crippen LogP contribution in [0.25, 0.3) is 0 Å².